The summed E-state index contributed by atoms with van der Waals surface area (Å²) in [5, 5.41) is 0.530. The molecule has 0 aromatic carbocycles. The third kappa shape index (κ3) is 2.40. The van der Waals surface area contributed by atoms with Gasteiger partial charge in [-0.25, -0.2) is 9.97 Å². The quantitative estimate of drug-likeness (QED) is 0.689. The van der Waals surface area contributed by atoms with Crippen LogP contribution in [-0.4, -0.2) is 23.1 Å². The third-order valence-corrected chi connectivity index (χ3v) is 2.99. The normalized spacial score (nSPS) is 19.6. The van der Waals surface area contributed by atoms with Crippen LogP contribution in [0.2, 0.25) is 5.15 Å². The standard InChI is InChI=1S/C11H16ClN3/c1-8-13-9(12)6-10(14-8)15-5-4-11(2,3)7-15/h6H,4-5,7H2,1-3H3. The van der Waals surface area contributed by atoms with Crippen molar-refractivity contribution in [1.29, 1.82) is 0 Å². The molecule has 15 heavy (non-hydrogen) atoms. The fourth-order valence-corrected chi connectivity index (χ4v) is 2.21. The van der Waals surface area contributed by atoms with Crippen molar-refractivity contribution in [3.05, 3.63) is 17.0 Å². The van der Waals surface area contributed by atoms with Crippen molar-refractivity contribution >= 4 is 17.4 Å². The van der Waals surface area contributed by atoms with E-state index in [4.69, 9.17) is 11.6 Å². The first-order valence-electron chi connectivity index (χ1n) is 5.22. The summed E-state index contributed by atoms with van der Waals surface area (Å²) < 4.78 is 0. The highest BCUT2D eigenvalue weighted by atomic mass is 35.5. The molecule has 1 aromatic heterocycles. The first-order valence-corrected chi connectivity index (χ1v) is 5.60. The molecule has 0 saturated carbocycles. The molecule has 0 amide bonds. The van der Waals surface area contributed by atoms with Crippen LogP contribution in [0.25, 0.3) is 0 Å². The van der Waals surface area contributed by atoms with Gasteiger partial charge in [0.2, 0.25) is 0 Å². The van der Waals surface area contributed by atoms with E-state index in [-0.39, 0.29) is 0 Å². The highest BCUT2D eigenvalue weighted by Gasteiger charge is 2.30. The van der Waals surface area contributed by atoms with Crippen LogP contribution in [0.15, 0.2) is 6.07 Å². The monoisotopic (exact) mass is 225 g/mol. The van der Waals surface area contributed by atoms with Crippen LogP contribution in [0, 0.1) is 12.3 Å². The summed E-state index contributed by atoms with van der Waals surface area (Å²) in [7, 11) is 0. The summed E-state index contributed by atoms with van der Waals surface area (Å²) in [6, 6.07) is 1.84. The Morgan fingerprint density at radius 1 is 1.40 bits per heavy atom. The number of anilines is 1. The summed E-state index contributed by atoms with van der Waals surface area (Å²) in [5.74, 6) is 1.69. The topological polar surface area (TPSA) is 29.0 Å². The molecule has 82 valence electrons. The number of aryl methyl sites for hydroxylation is 1. The lowest BCUT2D eigenvalue weighted by Crippen LogP contribution is -2.23. The zero-order valence-corrected chi connectivity index (χ0v) is 10.2. The Bertz CT molecular complexity index is 356. The number of halogens is 1. The molecule has 0 radical (unpaired) electrons. The average Bonchev–Trinajstić information content (AvgIpc) is 2.44. The molecule has 2 rings (SSSR count). The lowest BCUT2D eigenvalue weighted by atomic mass is 9.93. The summed E-state index contributed by atoms with van der Waals surface area (Å²) >= 11 is 5.92. The minimum Gasteiger partial charge on any atom is -0.356 e. The van der Waals surface area contributed by atoms with E-state index in [1.165, 1.54) is 6.42 Å². The van der Waals surface area contributed by atoms with E-state index in [1.54, 1.807) is 0 Å². The average molecular weight is 226 g/mol. The van der Waals surface area contributed by atoms with Gasteiger partial charge < -0.3 is 4.90 Å². The first-order chi connectivity index (χ1) is 6.96. The molecule has 0 atom stereocenters. The molecule has 0 unspecified atom stereocenters. The Kier molecular flexibility index (Phi) is 2.59. The van der Waals surface area contributed by atoms with Crippen LogP contribution in [0.3, 0.4) is 0 Å². The molecular formula is C11H16ClN3. The second-order valence-electron chi connectivity index (χ2n) is 4.93. The predicted octanol–water partition coefficient (Wildman–Crippen LogP) is 2.67. The smallest absolute Gasteiger partial charge is 0.134 e. The van der Waals surface area contributed by atoms with Gasteiger partial charge in [0.1, 0.15) is 16.8 Å². The van der Waals surface area contributed by atoms with Crippen LogP contribution in [-0.2, 0) is 0 Å². The van der Waals surface area contributed by atoms with Crippen LogP contribution >= 0.6 is 11.6 Å². The van der Waals surface area contributed by atoms with E-state index in [1.807, 2.05) is 13.0 Å². The predicted molar refractivity (Wildman–Crippen MR) is 62.4 cm³/mol. The van der Waals surface area contributed by atoms with E-state index < -0.39 is 0 Å². The van der Waals surface area contributed by atoms with Crippen molar-refractivity contribution in [3.63, 3.8) is 0 Å². The maximum atomic E-state index is 5.92. The van der Waals surface area contributed by atoms with Gasteiger partial charge in [-0.15, -0.1) is 0 Å². The summed E-state index contributed by atoms with van der Waals surface area (Å²) in [5.41, 5.74) is 0.380. The van der Waals surface area contributed by atoms with Gasteiger partial charge in [-0.05, 0) is 18.8 Å². The molecule has 1 aromatic rings. The lowest BCUT2D eigenvalue weighted by molar-refractivity contribution is 0.418. The first kappa shape index (κ1) is 10.7. The molecule has 2 heterocycles. The molecule has 0 spiro atoms. The SMILES string of the molecule is Cc1nc(Cl)cc(N2CCC(C)(C)C2)n1. The summed E-state index contributed by atoms with van der Waals surface area (Å²) in [4.78, 5) is 10.8. The minimum absolute atomic E-state index is 0.380. The Labute approximate surface area is 95.5 Å². The highest BCUT2D eigenvalue weighted by molar-refractivity contribution is 6.29. The van der Waals surface area contributed by atoms with Crippen LogP contribution in [0.1, 0.15) is 26.1 Å². The molecule has 1 aliphatic heterocycles. The van der Waals surface area contributed by atoms with E-state index in [2.05, 4.69) is 28.7 Å². The maximum Gasteiger partial charge on any atom is 0.134 e. The fraction of sp³-hybridized carbons (Fsp3) is 0.636. The molecule has 3 nitrogen and oxygen atoms in total. The van der Waals surface area contributed by atoms with Crippen LogP contribution < -0.4 is 4.90 Å². The van der Waals surface area contributed by atoms with E-state index >= 15 is 0 Å². The van der Waals surface area contributed by atoms with Crippen molar-refractivity contribution < 1.29 is 0 Å². The van der Waals surface area contributed by atoms with Gasteiger partial charge in [0, 0.05) is 19.2 Å². The molecular weight excluding hydrogens is 210 g/mol. The largest absolute Gasteiger partial charge is 0.356 e. The van der Waals surface area contributed by atoms with E-state index in [0.717, 1.165) is 24.7 Å². The van der Waals surface area contributed by atoms with Crippen molar-refractivity contribution in [1.82, 2.24) is 9.97 Å². The molecule has 0 N–H and O–H groups in total. The number of aromatic nitrogens is 2. The molecule has 1 fully saturated rings. The van der Waals surface area contributed by atoms with Gasteiger partial charge in [-0.1, -0.05) is 25.4 Å². The Hall–Kier alpha value is -0.830. The van der Waals surface area contributed by atoms with E-state index in [9.17, 15) is 0 Å². The molecule has 1 saturated heterocycles. The van der Waals surface area contributed by atoms with Crippen LogP contribution in [0.5, 0.6) is 0 Å². The Morgan fingerprint density at radius 3 is 2.67 bits per heavy atom. The third-order valence-electron chi connectivity index (χ3n) is 2.79. The second-order valence-corrected chi connectivity index (χ2v) is 5.32. The maximum absolute atomic E-state index is 5.92. The molecule has 0 bridgehead atoms. The zero-order valence-electron chi connectivity index (χ0n) is 9.42. The number of nitrogens with zero attached hydrogens (tertiary/aromatic N) is 3. The summed E-state index contributed by atoms with van der Waals surface area (Å²) in [6.07, 6.45) is 1.20. The van der Waals surface area contributed by atoms with Gasteiger partial charge in [0.05, 0.1) is 0 Å². The fourth-order valence-electron chi connectivity index (χ4n) is 1.99. The van der Waals surface area contributed by atoms with Crippen molar-refractivity contribution in [2.24, 2.45) is 5.41 Å². The lowest BCUT2D eigenvalue weighted by Gasteiger charge is -2.20. The minimum atomic E-state index is 0.380. The Morgan fingerprint density at radius 2 is 2.13 bits per heavy atom. The molecule has 4 heteroatoms. The zero-order chi connectivity index (χ0) is 11.1. The highest BCUT2D eigenvalue weighted by Crippen LogP contribution is 2.32. The van der Waals surface area contributed by atoms with Gasteiger partial charge in [-0.2, -0.15) is 0 Å². The van der Waals surface area contributed by atoms with Gasteiger partial charge in [0.15, 0.2) is 0 Å². The van der Waals surface area contributed by atoms with E-state index in [0.29, 0.717) is 10.6 Å². The number of hydrogen-bond donors (Lipinski definition) is 0. The molecule has 1 aliphatic rings. The van der Waals surface area contributed by atoms with Crippen molar-refractivity contribution in [2.45, 2.75) is 27.2 Å². The van der Waals surface area contributed by atoms with Gasteiger partial charge >= 0.3 is 0 Å². The molecule has 0 aliphatic carbocycles. The second kappa shape index (κ2) is 3.63. The van der Waals surface area contributed by atoms with Gasteiger partial charge in [-0.3, -0.25) is 0 Å². The number of hydrogen-bond acceptors (Lipinski definition) is 3. The van der Waals surface area contributed by atoms with Gasteiger partial charge in [0.25, 0.3) is 0 Å². The van der Waals surface area contributed by atoms with Crippen LogP contribution in [0.4, 0.5) is 5.82 Å². The van der Waals surface area contributed by atoms with Crippen molar-refractivity contribution in [2.75, 3.05) is 18.0 Å². The van der Waals surface area contributed by atoms with Crippen molar-refractivity contribution in [3.8, 4) is 0 Å². The summed E-state index contributed by atoms with van der Waals surface area (Å²) in [6.45, 7) is 8.53. The number of rotatable bonds is 1. The Balaban J connectivity index is 2.24.